The standard InChI is InChI=1S/C12H11NO/c1-9-6-7-13-8-11(9)10-4-2-3-5-12(10)14/h2-8,14H,1H3. The van der Waals surface area contributed by atoms with Crippen molar-refractivity contribution in [1.29, 1.82) is 0 Å². The van der Waals surface area contributed by atoms with Crippen LogP contribution in [0.2, 0.25) is 0 Å². The fraction of sp³-hybridized carbons (Fsp3) is 0.0833. The molecule has 70 valence electrons. The number of hydrogen-bond acceptors (Lipinski definition) is 2. The van der Waals surface area contributed by atoms with E-state index >= 15 is 0 Å². The maximum absolute atomic E-state index is 9.66. The van der Waals surface area contributed by atoms with Crippen molar-refractivity contribution in [3.63, 3.8) is 0 Å². The lowest BCUT2D eigenvalue weighted by Crippen LogP contribution is -1.84. The predicted molar refractivity (Wildman–Crippen MR) is 56.1 cm³/mol. The van der Waals surface area contributed by atoms with Gasteiger partial charge >= 0.3 is 0 Å². The SMILES string of the molecule is Cc1ccncc1-c1ccccc1O. The Labute approximate surface area is 82.9 Å². The van der Waals surface area contributed by atoms with Gasteiger partial charge in [-0.3, -0.25) is 4.98 Å². The van der Waals surface area contributed by atoms with Crippen LogP contribution < -0.4 is 0 Å². The second-order valence-corrected chi connectivity index (χ2v) is 3.21. The summed E-state index contributed by atoms with van der Waals surface area (Å²) >= 11 is 0. The predicted octanol–water partition coefficient (Wildman–Crippen LogP) is 2.76. The lowest BCUT2D eigenvalue weighted by Gasteiger charge is -2.06. The molecule has 2 heteroatoms. The van der Waals surface area contributed by atoms with Crippen molar-refractivity contribution in [3.05, 3.63) is 48.3 Å². The fourth-order valence-electron chi connectivity index (χ4n) is 1.45. The second-order valence-electron chi connectivity index (χ2n) is 3.21. The zero-order valence-electron chi connectivity index (χ0n) is 7.94. The third kappa shape index (κ3) is 1.46. The van der Waals surface area contributed by atoms with E-state index < -0.39 is 0 Å². The molecular formula is C12H11NO. The molecule has 0 unspecified atom stereocenters. The first-order chi connectivity index (χ1) is 6.79. The Morgan fingerprint density at radius 1 is 1.07 bits per heavy atom. The highest BCUT2D eigenvalue weighted by molar-refractivity contribution is 5.71. The summed E-state index contributed by atoms with van der Waals surface area (Å²) in [6, 6.07) is 9.22. The van der Waals surface area contributed by atoms with Gasteiger partial charge in [0.15, 0.2) is 0 Å². The Hall–Kier alpha value is -1.83. The molecule has 1 aromatic heterocycles. The monoisotopic (exact) mass is 185 g/mol. The second kappa shape index (κ2) is 3.50. The maximum Gasteiger partial charge on any atom is 0.123 e. The molecule has 0 atom stereocenters. The highest BCUT2D eigenvalue weighted by atomic mass is 16.3. The fourth-order valence-corrected chi connectivity index (χ4v) is 1.45. The average Bonchev–Trinajstić information content (AvgIpc) is 2.20. The van der Waals surface area contributed by atoms with Crippen LogP contribution in [0.4, 0.5) is 0 Å². The van der Waals surface area contributed by atoms with Crippen LogP contribution in [0.25, 0.3) is 11.1 Å². The number of phenols is 1. The minimum absolute atomic E-state index is 0.295. The van der Waals surface area contributed by atoms with Crippen LogP contribution in [-0.2, 0) is 0 Å². The van der Waals surface area contributed by atoms with Gasteiger partial charge in [0.2, 0.25) is 0 Å². The smallest absolute Gasteiger partial charge is 0.123 e. The van der Waals surface area contributed by atoms with E-state index in [0.717, 1.165) is 16.7 Å². The van der Waals surface area contributed by atoms with E-state index in [4.69, 9.17) is 0 Å². The molecule has 2 nitrogen and oxygen atoms in total. The Balaban J connectivity index is 2.61. The molecule has 0 amide bonds. The van der Waals surface area contributed by atoms with Gasteiger partial charge in [-0.25, -0.2) is 0 Å². The van der Waals surface area contributed by atoms with Crippen molar-refractivity contribution in [2.45, 2.75) is 6.92 Å². The third-order valence-electron chi connectivity index (χ3n) is 2.23. The first kappa shape index (κ1) is 8.75. The zero-order valence-corrected chi connectivity index (χ0v) is 7.94. The number of benzene rings is 1. The van der Waals surface area contributed by atoms with Crippen molar-refractivity contribution in [3.8, 4) is 16.9 Å². The number of nitrogens with zero attached hydrogens (tertiary/aromatic N) is 1. The largest absolute Gasteiger partial charge is 0.507 e. The van der Waals surface area contributed by atoms with Gasteiger partial charge in [0, 0.05) is 23.5 Å². The lowest BCUT2D eigenvalue weighted by atomic mass is 10.0. The van der Waals surface area contributed by atoms with Crippen molar-refractivity contribution in [2.75, 3.05) is 0 Å². The first-order valence-corrected chi connectivity index (χ1v) is 4.48. The van der Waals surface area contributed by atoms with Gasteiger partial charge in [-0.1, -0.05) is 18.2 Å². The Kier molecular flexibility index (Phi) is 2.19. The molecule has 0 fully saturated rings. The number of para-hydroxylation sites is 1. The molecule has 0 aliphatic rings. The molecule has 0 aliphatic heterocycles. The Bertz CT molecular complexity index is 408. The highest BCUT2D eigenvalue weighted by Crippen LogP contribution is 2.29. The van der Waals surface area contributed by atoms with Crippen LogP contribution in [0.1, 0.15) is 5.56 Å². The number of pyridine rings is 1. The maximum atomic E-state index is 9.66. The van der Waals surface area contributed by atoms with Crippen LogP contribution in [0, 0.1) is 6.92 Å². The summed E-state index contributed by atoms with van der Waals surface area (Å²) in [5.41, 5.74) is 2.92. The molecule has 0 bridgehead atoms. The van der Waals surface area contributed by atoms with E-state index in [9.17, 15) is 5.11 Å². The summed E-state index contributed by atoms with van der Waals surface area (Å²) in [6.07, 6.45) is 3.52. The molecule has 1 aromatic carbocycles. The molecule has 1 heterocycles. The Morgan fingerprint density at radius 3 is 2.57 bits per heavy atom. The summed E-state index contributed by atoms with van der Waals surface area (Å²) in [4.78, 5) is 4.05. The Morgan fingerprint density at radius 2 is 1.86 bits per heavy atom. The summed E-state index contributed by atoms with van der Waals surface area (Å²) < 4.78 is 0. The number of aromatic nitrogens is 1. The van der Waals surface area contributed by atoms with Gasteiger partial charge in [0.1, 0.15) is 5.75 Å². The van der Waals surface area contributed by atoms with Crippen molar-refractivity contribution >= 4 is 0 Å². The summed E-state index contributed by atoms with van der Waals surface area (Å²) in [6.45, 7) is 2.00. The van der Waals surface area contributed by atoms with Gasteiger partial charge in [-0.15, -0.1) is 0 Å². The van der Waals surface area contributed by atoms with E-state index in [1.807, 2.05) is 31.2 Å². The lowest BCUT2D eigenvalue weighted by molar-refractivity contribution is 0.477. The molecule has 2 aromatic rings. The van der Waals surface area contributed by atoms with Gasteiger partial charge in [-0.2, -0.15) is 0 Å². The molecule has 0 saturated carbocycles. The summed E-state index contributed by atoms with van der Waals surface area (Å²) in [5, 5.41) is 9.66. The first-order valence-electron chi connectivity index (χ1n) is 4.48. The molecule has 0 spiro atoms. The third-order valence-corrected chi connectivity index (χ3v) is 2.23. The molecule has 1 N–H and O–H groups in total. The van der Waals surface area contributed by atoms with Crippen LogP contribution >= 0.6 is 0 Å². The van der Waals surface area contributed by atoms with Crippen LogP contribution in [0.5, 0.6) is 5.75 Å². The minimum atomic E-state index is 0.295. The number of aromatic hydroxyl groups is 1. The molecule has 2 rings (SSSR count). The number of aryl methyl sites for hydroxylation is 1. The van der Waals surface area contributed by atoms with Crippen LogP contribution in [0.15, 0.2) is 42.7 Å². The summed E-state index contributed by atoms with van der Waals surface area (Å²) in [5.74, 6) is 0.295. The molecule has 0 radical (unpaired) electrons. The van der Waals surface area contributed by atoms with E-state index in [1.54, 1.807) is 18.5 Å². The highest BCUT2D eigenvalue weighted by Gasteiger charge is 2.05. The van der Waals surface area contributed by atoms with Gasteiger partial charge in [0.05, 0.1) is 0 Å². The normalized spacial score (nSPS) is 10.1. The number of rotatable bonds is 1. The topological polar surface area (TPSA) is 33.1 Å². The van der Waals surface area contributed by atoms with E-state index in [1.165, 1.54) is 0 Å². The van der Waals surface area contributed by atoms with Crippen LogP contribution in [-0.4, -0.2) is 10.1 Å². The average molecular weight is 185 g/mol. The molecule has 0 saturated heterocycles. The van der Waals surface area contributed by atoms with Gasteiger partial charge < -0.3 is 5.11 Å². The van der Waals surface area contributed by atoms with Crippen molar-refractivity contribution in [2.24, 2.45) is 0 Å². The molecule has 0 aliphatic carbocycles. The van der Waals surface area contributed by atoms with Crippen molar-refractivity contribution < 1.29 is 5.11 Å². The van der Waals surface area contributed by atoms with E-state index in [2.05, 4.69) is 4.98 Å². The minimum Gasteiger partial charge on any atom is -0.507 e. The molecular weight excluding hydrogens is 174 g/mol. The quantitative estimate of drug-likeness (QED) is 0.741. The zero-order chi connectivity index (χ0) is 9.97. The van der Waals surface area contributed by atoms with E-state index in [-0.39, 0.29) is 0 Å². The summed E-state index contributed by atoms with van der Waals surface area (Å²) in [7, 11) is 0. The van der Waals surface area contributed by atoms with Gasteiger partial charge in [0.25, 0.3) is 0 Å². The van der Waals surface area contributed by atoms with E-state index in [0.29, 0.717) is 5.75 Å². The van der Waals surface area contributed by atoms with Crippen LogP contribution in [0.3, 0.4) is 0 Å². The molecule has 14 heavy (non-hydrogen) atoms. The number of phenolic OH excluding ortho intramolecular Hbond substituents is 1. The van der Waals surface area contributed by atoms with Gasteiger partial charge in [-0.05, 0) is 24.6 Å². The van der Waals surface area contributed by atoms with Crippen molar-refractivity contribution in [1.82, 2.24) is 4.98 Å². The number of hydrogen-bond donors (Lipinski definition) is 1.